The van der Waals surface area contributed by atoms with Crippen molar-refractivity contribution in [2.24, 2.45) is 0 Å². The van der Waals surface area contributed by atoms with E-state index in [1.807, 2.05) is 0 Å². The van der Waals surface area contributed by atoms with Gasteiger partial charge in [-0.2, -0.15) is 0 Å². The van der Waals surface area contributed by atoms with Crippen LogP contribution in [0, 0.1) is 0 Å². The average Bonchev–Trinajstić information content (AvgIpc) is 2.59. The minimum absolute atomic E-state index is 0.0781. The van der Waals surface area contributed by atoms with Crippen molar-refractivity contribution in [3.63, 3.8) is 0 Å². The second-order valence-corrected chi connectivity index (χ2v) is 5.48. The molecule has 2 rings (SSSR count). The van der Waals surface area contributed by atoms with Gasteiger partial charge in [0.2, 0.25) is 5.78 Å². The summed E-state index contributed by atoms with van der Waals surface area (Å²) >= 11 is 0. The fourth-order valence-electron chi connectivity index (χ4n) is 2.33. The standard InChI is InChI=1S/C18H22O7/c1-2-3-6-23-7-8-24-9-10-25-15-11-14(21)16-12(19)4-5-13(20)17(16)18(15)22/h4-5,11,19-20H,2-3,6-10H2,1H3. The van der Waals surface area contributed by atoms with E-state index >= 15 is 0 Å². The van der Waals surface area contributed by atoms with Crippen LogP contribution >= 0.6 is 0 Å². The van der Waals surface area contributed by atoms with Crippen molar-refractivity contribution in [1.29, 1.82) is 0 Å². The maximum absolute atomic E-state index is 12.3. The highest BCUT2D eigenvalue weighted by atomic mass is 16.5. The van der Waals surface area contributed by atoms with E-state index in [-0.39, 0.29) is 41.6 Å². The SMILES string of the molecule is CCCCOCCOCCOC1=CC(=O)c2c(O)ccc(O)c2C1=O. The van der Waals surface area contributed by atoms with Crippen LogP contribution < -0.4 is 0 Å². The van der Waals surface area contributed by atoms with Crippen LogP contribution in [0.15, 0.2) is 24.0 Å². The molecular weight excluding hydrogens is 328 g/mol. The Morgan fingerprint density at radius 2 is 1.48 bits per heavy atom. The quantitative estimate of drug-likeness (QED) is 0.493. The summed E-state index contributed by atoms with van der Waals surface area (Å²) in [6, 6.07) is 2.32. The van der Waals surface area contributed by atoms with E-state index in [0.717, 1.165) is 31.1 Å². The van der Waals surface area contributed by atoms with Crippen molar-refractivity contribution in [3.05, 3.63) is 35.1 Å². The highest BCUT2D eigenvalue weighted by molar-refractivity contribution is 6.25. The topological polar surface area (TPSA) is 102 Å². The minimum Gasteiger partial charge on any atom is -0.507 e. The lowest BCUT2D eigenvalue weighted by Crippen LogP contribution is -2.20. The van der Waals surface area contributed by atoms with Gasteiger partial charge < -0.3 is 24.4 Å². The molecule has 7 nitrogen and oxygen atoms in total. The first kappa shape index (κ1) is 19.0. The van der Waals surface area contributed by atoms with Crippen LogP contribution in [0.2, 0.25) is 0 Å². The molecule has 136 valence electrons. The van der Waals surface area contributed by atoms with Gasteiger partial charge >= 0.3 is 0 Å². The van der Waals surface area contributed by atoms with E-state index in [1.54, 1.807) is 0 Å². The number of Topliss-reactive ketones (excluding diaryl/α,β-unsaturated/α-hetero) is 1. The van der Waals surface area contributed by atoms with E-state index in [9.17, 15) is 19.8 Å². The van der Waals surface area contributed by atoms with Crippen molar-refractivity contribution in [1.82, 2.24) is 0 Å². The normalized spacial score (nSPS) is 13.6. The van der Waals surface area contributed by atoms with Crippen molar-refractivity contribution >= 4 is 11.6 Å². The molecule has 0 spiro atoms. The maximum atomic E-state index is 12.3. The van der Waals surface area contributed by atoms with Crippen LogP contribution in [-0.2, 0) is 14.2 Å². The molecule has 0 saturated carbocycles. The van der Waals surface area contributed by atoms with Gasteiger partial charge in [0, 0.05) is 12.7 Å². The molecule has 0 atom stereocenters. The molecule has 2 N–H and O–H groups in total. The third-order valence-corrected chi connectivity index (χ3v) is 3.62. The number of phenols is 2. The Balaban J connectivity index is 1.81. The lowest BCUT2D eigenvalue weighted by molar-refractivity contribution is 0.0256. The molecule has 1 aromatic carbocycles. The van der Waals surface area contributed by atoms with Gasteiger partial charge in [-0.05, 0) is 18.6 Å². The molecule has 1 aliphatic rings. The second kappa shape index (κ2) is 9.19. The number of fused-ring (bicyclic) bond motifs is 1. The van der Waals surface area contributed by atoms with Gasteiger partial charge in [-0.25, -0.2) is 0 Å². The molecule has 0 amide bonds. The van der Waals surface area contributed by atoms with Crippen LogP contribution in [0.1, 0.15) is 40.5 Å². The maximum Gasteiger partial charge on any atom is 0.232 e. The molecular formula is C18H22O7. The molecule has 1 aliphatic carbocycles. The zero-order valence-corrected chi connectivity index (χ0v) is 14.1. The largest absolute Gasteiger partial charge is 0.507 e. The third kappa shape index (κ3) is 4.80. The van der Waals surface area contributed by atoms with Crippen molar-refractivity contribution in [2.45, 2.75) is 19.8 Å². The molecule has 0 radical (unpaired) electrons. The van der Waals surface area contributed by atoms with E-state index in [1.165, 1.54) is 0 Å². The van der Waals surface area contributed by atoms with Gasteiger partial charge in [0.1, 0.15) is 18.1 Å². The van der Waals surface area contributed by atoms with Gasteiger partial charge in [0.15, 0.2) is 11.5 Å². The van der Waals surface area contributed by atoms with Gasteiger partial charge in [-0.15, -0.1) is 0 Å². The van der Waals surface area contributed by atoms with Gasteiger partial charge in [-0.1, -0.05) is 13.3 Å². The zero-order chi connectivity index (χ0) is 18.2. The first-order valence-corrected chi connectivity index (χ1v) is 8.20. The molecule has 0 heterocycles. The molecule has 25 heavy (non-hydrogen) atoms. The van der Waals surface area contributed by atoms with Gasteiger partial charge in [0.25, 0.3) is 0 Å². The number of allylic oxidation sites excluding steroid dienone is 2. The first-order chi connectivity index (χ1) is 12.1. The Kier molecular flexibility index (Phi) is 6.97. The molecule has 7 heteroatoms. The summed E-state index contributed by atoms with van der Waals surface area (Å²) in [5.74, 6) is -2.15. The predicted octanol–water partition coefficient (Wildman–Crippen LogP) is 2.21. The van der Waals surface area contributed by atoms with E-state index < -0.39 is 11.6 Å². The van der Waals surface area contributed by atoms with Gasteiger partial charge in [0.05, 0.1) is 30.9 Å². The summed E-state index contributed by atoms with van der Waals surface area (Å²) in [6.45, 7) is 4.00. The van der Waals surface area contributed by atoms with Crippen LogP contribution in [0.3, 0.4) is 0 Å². The fraction of sp³-hybridized carbons (Fsp3) is 0.444. The Morgan fingerprint density at radius 1 is 0.880 bits per heavy atom. The Bertz CT molecular complexity index is 664. The zero-order valence-electron chi connectivity index (χ0n) is 14.1. The number of carbonyl (C=O) groups is 2. The van der Waals surface area contributed by atoms with E-state index in [2.05, 4.69) is 6.92 Å². The molecule has 0 fully saturated rings. The number of ketones is 2. The summed E-state index contributed by atoms with van der Waals surface area (Å²) in [5, 5.41) is 19.5. The minimum atomic E-state index is -0.647. The van der Waals surface area contributed by atoms with E-state index in [4.69, 9.17) is 14.2 Å². The molecule has 0 unspecified atom stereocenters. The molecule has 0 aliphatic heterocycles. The lowest BCUT2D eigenvalue weighted by Gasteiger charge is -2.17. The second-order valence-electron chi connectivity index (χ2n) is 5.48. The van der Waals surface area contributed by atoms with Gasteiger partial charge in [-0.3, -0.25) is 9.59 Å². The van der Waals surface area contributed by atoms with Crippen molar-refractivity contribution < 1.29 is 34.0 Å². The highest BCUT2D eigenvalue weighted by Crippen LogP contribution is 2.34. The number of unbranched alkanes of at least 4 members (excludes halogenated alkanes) is 1. The summed E-state index contributed by atoms with van der Waals surface area (Å²) in [7, 11) is 0. The number of phenolic OH excluding ortho intramolecular Hbond substituents is 2. The monoisotopic (exact) mass is 350 g/mol. The number of hydrogen-bond donors (Lipinski definition) is 2. The van der Waals surface area contributed by atoms with E-state index in [0.29, 0.717) is 19.8 Å². The molecule has 0 aromatic heterocycles. The smallest absolute Gasteiger partial charge is 0.232 e. The number of rotatable bonds is 10. The number of benzene rings is 1. The van der Waals surface area contributed by atoms with Crippen LogP contribution in [0.25, 0.3) is 0 Å². The number of hydrogen-bond acceptors (Lipinski definition) is 7. The van der Waals surface area contributed by atoms with Crippen molar-refractivity contribution in [2.75, 3.05) is 33.0 Å². The molecule has 1 aromatic rings. The summed E-state index contributed by atoms with van der Waals surface area (Å²) in [5.41, 5.74) is -0.453. The summed E-state index contributed by atoms with van der Waals surface area (Å²) in [4.78, 5) is 24.4. The number of carbonyl (C=O) groups excluding carboxylic acids is 2. The lowest BCUT2D eigenvalue weighted by atomic mass is 9.92. The third-order valence-electron chi connectivity index (χ3n) is 3.62. The number of aromatic hydroxyl groups is 2. The first-order valence-electron chi connectivity index (χ1n) is 8.20. The Morgan fingerprint density at radius 3 is 2.16 bits per heavy atom. The molecule has 0 bridgehead atoms. The van der Waals surface area contributed by atoms with Crippen LogP contribution in [0.5, 0.6) is 11.5 Å². The summed E-state index contributed by atoms with van der Waals surface area (Å²) in [6.07, 6.45) is 3.10. The Hall–Kier alpha value is -2.38. The van der Waals surface area contributed by atoms with Crippen molar-refractivity contribution in [3.8, 4) is 11.5 Å². The predicted molar refractivity (Wildman–Crippen MR) is 89.0 cm³/mol. The highest BCUT2D eigenvalue weighted by Gasteiger charge is 2.32. The van der Waals surface area contributed by atoms with Crippen LogP contribution in [-0.4, -0.2) is 54.8 Å². The average molecular weight is 350 g/mol. The number of ether oxygens (including phenoxy) is 3. The fourth-order valence-corrected chi connectivity index (χ4v) is 2.33. The summed E-state index contributed by atoms with van der Waals surface area (Å²) < 4.78 is 15.9. The van der Waals surface area contributed by atoms with Crippen LogP contribution in [0.4, 0.5) is 0 Å². The molecule has 0 saturated heterocycles. The Labute approximate surface area is 145 Å².